The van der Waals surface area contributed by atoms with Gasteiger partial charge in [-0.3, -0.25) is 4.79 Å². The molecule has 0 spiro atoms. The molecule has 0 radical (unpaired) electrons. The maximum Gasteiger partial charge on any atom is 0.309 e. The lowest BCUT2D eigenvalue weighted by Gasteiger charge is -2.22. The summed E-state index contributed by atoms with van der Waals surface area (Å²) in [6, 6.07) is 0. The van der Waals surface area contributed by atoms with Crippen molar-refractivity contribution in [2.75, 3.05) is 5.75 Å². The fraction of sp³-hybridized carbons (Fsp3) is 0.875. The molecule has 0 fully saturated rings. The van der Waals surface area contributed by atoms with Crippen molar-refractivity contribution < 1.29 is 22.4 Å². The van der Waals surface area contributed by atoms with Gasteiger partial charge in [-0.1, -0.05) is 11.8 Å². The predicted octanol–water partition coefficient (Wildman–Crippen LogP) is 3.34. The molecule has 0 aliphatic heterocycles. The van der Waals surface area contributed by atoms with E-state index < -0.39 is 18.3 Å². The smallest absolute Gasteiger partial charge is 0.288 e. The fourth-order valence-corrected chi connectivity index (χ4v) is 1.31. The zero-order chi connectivity index (χ0) is 11.4. The van der Waals surface area contributed by atoms with Crippen molar-refractivity contribution in [2.24, 2.45) is 0 Å². The van der Waals surface area contributed by atoms with Crippen LogP contribution in [0.15, 0.2) is 0 Å². The third-order valence-electron chi connectivity index (χ3n) is 1.58. The molecular weight excluding hydrogens is 220 g/mol. The lowest BCUT2D eigenvalue weighted by molar-refractivity contribution is -0.200. The highest BCUT2D eigenvalue weighted by Gasteiger charge is 2.51. The molecule has 0 saturated heterocycles. The van der Waals surface area contributed by atoms with Gasteiger partial charge in [-0.25, -0.2) is 8.78 Å². The fourth-order valence-electron chi connectivity index (χ4n) is 0.730. The summed E-state index contributed by atoms with van der Waals surface area (Å²) in [6.07, 6.45) is -0.989. The number of carbonyl (C=O) groups excluding carboxylic acids is 1. The maximum atomic E-state index is 12.6. The summed E-state index contributed by atoms with van der Waals surface area (Å²) in [4.78, 5) is 10.4. The molecule has 0 aliphatic carbocycles. The average molecular weight is 232 g/mol. The minimum Gasteiger partial charge on any atom is -0.288 e. The first-order chi connectivity index (χ1) is 6.17. The Bertz CT molecular complexity index is 200. The Labute approximate surface area is 84.2 Å². The van der Waals surface area contributed by atoms with E-state index in [4.69, 9.17) is 0 Å². The van der Waals surface area contributed by atoms with Gasteiger partial charge in [0.15, 0.2) is 5.12 Å². The summed E-state index contributed by atoms with van der Waals surface area (Å²) in [7, 11) is 0. The standard InChI is InChI=1S/C8H12F4OS/c1-6(13)14-5-3-4-8(11,12)7(2,9)10/h3-5H2,1-2H3. The molecule has 0 unspecified atom stereocenters. The molecule has 0 aromatic heterocycles. The molecule has 0 atom stereocenters. The second-order valence-electron chi connectivity index (χ2n) is 3.04. The van der Waals surface area contributed by atoms with Crippen LogP contribution in [0.1, 0.15) is 26.7 Å². The van der Waals surface area contributed by atoms with Gasteiger partial charge in [-0.15, -0.1) is 0 Å². The van der Waals surface area contributed by atoms with E-state index in [1.54, 1.807) is 0 Å². The quantitative estimate of drug-likeness (QED) is 0.534. The predicted molar refractivity (Wildman–Crippen MR) is 47.9 cm³/mol. The second kappa shape index (κ2) is 5.00. The van der Waals surface area contributed by atoms with Crippen molar-refractivity contribution in [1.82, 2.24) is 0 Å². The number of rotatable bonds is 5. The Hall–Kier alpha value is -0.260. The molecule has 0 rings (SSSR count). The van der Waals surface area contributed by atoms with Crippen LogP contribution in [0.25, 0.3) is 0 Å². The van der Waals surface area contributed by atoms with E-state index in [0.29, 0.717) is 0 Å². The van der Waals surface area contributed by atoms with Gasteiger partial charge in [0.05, 0.1) is 0 Å². The Balaban J connectivity index is 3.83. The van der Waals surface area contributed by atoms with Gasteiger partial charge in [0, 0.05) is 26.0 Å². The van der Waals surface area contributed by atoms with Crippen LogP contribution in [0.2, 0.25) is 0 Å². The topological polar surface area (TPSA) is 17.1 Å². The van der Waals surface area contributed by atoms with Crippen LogP contribution in [-0.4, -0.2) is 22.7 Å². The van der Waals surface area contributed by atoms with Crippen LogP contribution in [0.3, 0.4) is 0 Å². The molecule has 0 heterocycles. The largest absolute Gasteiger partial charge is 0.309 e. The molecule has 0 amide bonds. The van der Waals surface area contributed by atoms with Gasteiger partial charge in [0.2, 0.25) is 0 Å². The van der Waals surface area contributed by atoms with E-state index in [1.165, 1.54) is 6.92 Å². The van der Waals surface area contributed by atoms with E-state index in [9.17, 15) is 22.4 Å². The summed E-state index contributed by atoms with van der Waals surface area (Å²) in [5.74, 6) is -7.82. The van der Waals surface area contributed by atoms with E-state index >= 15 is 0 Å². The normalized spacial score (nSPS) is 13.0. The highest BCUT2D eigenvalue weighted by molar-refractivity contribution is 8.13. The molecule has 0 bridgehead atoms. The van der Waals surface area contributed by atoms with Crippen molar-refractivity contribution >= 4 is 16.9 Å². The van der Waals surface area contributed by atoms with E-state index in [2.05, 4.69) is 0 Å². The van der Waals surface area contributed by atoms with Gasteiger partial charge in [-0.05, 0) is 6.42 Å². The minimum atomic E-state index is -3.99. The lowest BCUT2D eigenvalue weighted by Crippen LogP contribution is -2.37. The number of hydrogen-bond donors (Lipinski definition) is 0. The number of alkyl halides is 4. The average Bonchev–Trinajstić information content (AvgIpc) is 1.95. The molecule has 0 N–H and O–H groups in total. The number of hydrogen-bond acceptors (Lipinski definition) is 2. The van der Waals surface area contributed by atoms with E-state index in [0.717, 1.165) is 11.8 Å². The Morgan fingerprint density at radius 1 is 1.29 bits per heavy atom. The van der Waals surface area contributed by atoms with Crippen molar-refractivity contribution in [3.8, 4) is 0 Å². The summed E-state index contributed by atoms with van der Waals surface area (Å²) < 4.78 is 49.7. The first-order valence-electron chi connectivity index (χ1n) is 4.06. The Kier molecular flexibility index (Phi) is 4.91. The zero-order valence-corrected chi connectivity index (χ0v) is 8.77. The number of thioether (sulfide) groups is 1. The van der Waals surface area contributed by atoms with Crippen LogP contribution in [-0.2, 0) is 4.79 Å². The molecule has 0 aromatic carbocycles. The first-order valence-corrected chi connectivity index (χ1v) is 5.04. The molecule has 14 heavy (non-hydrogen) atoms. The highest BCUT2D eigenvalue weighted by atomic mass is 32.2. The summed E-state index contributed by atoms with van der Waals surface area (Å²) in [5, 5.41) is -0.198. The summed E-state index contributed by atoms with van der Waals surface area (Å²) in [5.41, 5.74) is 0. The Morgan fingerprint density at radius 3 is 2.14 bits per heavy atom. The van der Waals surface area contributed by atoms with Gasteiger partial charge < -0.3 is 0 Å². The van der Waals surface area contributed by atoms with Gasteiger partial charge in [0.25, 0.3) is 0 Å². The number of carbonyl (C=O) groups is 1. The van der Waals surface area contributed by atoms with Crippen molar-refractivity contribution in [1.29, 1.82) is 0 Å². The van der Waals surface area contributed by atoms with Crippen LogP contribution in [0.5, 0.6) is 0 Å². The molecule has 84 valence electrons. The number of halogens is 4. The molecule has 1 nitrogen and oxygen atoms in total. The SMILES string of the molecule is CC(=O)SCCCC(F)(F)C(C)(F)F. The molecule has 0 aromatic rings. The summed E-state index contributed by atoms with van der Waals surface area (Å²) in [6.45, 7) is 1.50. The lowest BCUT2D eigenvalue weighted by atomic mass is 10.1. The van der Waals surface area contributed by atoms with Crippen molar-refractivity contribution in [2.45, 2.75) is 38.5 Å². The third-order valence-corrected chi connectivity index (χ3v) is 2.48. The van der Waals surface area contributed by atoms with E-state index in [1.807, 2.05) is 0 Å². The highest BCUT2D eigenvalue weighted by Crippen LogP contribution is 2.37. The van der Waals surface area contributed by atoms with Crippen LogP contribution in [0.4, 0.5) is 17.6 Å². The van der Waals surface area contributed by atoms with Gasteiger partial charge >= 0.3 is 11.8 Å². The monoisotopic (exact) mass is 232 g/mol. The van der Waals surface area contributed by atoms with Gasteiger partial charge in [-0.2, -0.15) is 8.78 Å². The minimum absolute atomic E-state index is 0.0966. The third kappa shape index (κ3) is 4.83. The van der Waals surface area contributed by atoms with Crippen LogP contribution < -0.4 is 0 Å². The molecule has 6 heteroatoms. The van der Waals surface area contributed by atoms with Crippen LogP contribution in [0, 0.1) is 0 Å². The van der Waals surface area contributed by atoms with Crippen molar-refractivity contribution in [3.63, 3.8) is 0 Å². The summed E-state index contributed by atoms with van der Waals surface area (Å²) >= 11 is 0.865. The molecular formula is C8H12F4OS. The Morgan fingerprint density at radius 2 is 1.79 bits per heavy atom. The van der Waals surface area contributed by atoms with E-state index in [-0.39, 0.29) is 24.2 Å². The molecule has 0 aliphatic rings. The first kappa shape index (κ1) is 13.7. The zero-order valence-electron chi connectivity index (χ0n) is 7.95. The van der Waals surface area contributed by atoms with Crippen molar-refractivity contribution in [3.05, 3.63) is 0 Å². The van der Waals surface area contributed by atoms with Crippen LogP contribution >= 0.6 is 11.8 Å². The molecule has 0 saturated carbocycles. The second-order valence-corrected chi connectivity index (χ2v) is 4.31. The van der Waals surface area contributed by atoms with Gasteiger partial charge in [0.1, 0.15) is 0 Å². The maximum absolute atomic E-state index is 12.6.